The van der Waals surface area contributed by atoms with E-state index in [1.165, 1.54) is 25.7 Å². The van der Waals surface area contributed by atoms with Crippen molar-refractivity contribution in [3.8, 4) is 0 Å². The minimum absolute atomic E-state index is 0.00529. The fourth-order valence-corrected chi connectivity index (χ4v) is 5.28. The highest BCUT2D eigenvalue weighted by Gasteiger charge is 2.27. The van der Waals surface area contributed by atoms with Crippen LogP contribution in [-0.4, -0.2) is 52.4 Å². The number of amides is 2. The number of para-hydroxylation sites is 2. The van der Waals surface area contributed by atoms with Crippen LogP contribution in [0, 0.1) is 5.92 Å². The first-order chi connectivity index (χ1) is 15.6. The molecule has 6 nitrogen and oxygen atoms in total. The highest BCUT2D eigenvalue weighted by Crippen LogP contribution is 2.28. The molecular weight excluding hydrogens is 402 g/mol. The predicted octanol–water partition coefficient (Wildman–Crippen LogP) is 3.41. The van der Waals surface area contributed by atoms with Crippen molar-refractivity contribution in [3.63, 3.8) is 0 Å². The monoisotopic (exact) mass is 431 g/mol. The standard InChI is InChI=1S/C26H29N3O3/c30-24(17-19-7-1-2-8-19)27-13-15-28(16-14-27)25(31)18-29-22-11-5-3-9-20(22)26(32)21-10-4-6-12-23(21)29/h3-6,9-12,19H,1-2,7-8,13-18H2. The second-order valence-electron chi connectivity index (χ2n) is 9.07. The largest absolute Gasteiger partial charge is 0.339 e. The summed E-state index contributed by atoms with van der Waals surface area (Å²) >= 11 is 0. The van der Waals surface area contributed by atoms with Crippen molar-refractivity contribution < 1.29 is 9.59 Å². The molecule has 0 radical (unpaired) electrons. The van der Waals surface area contributed by atoms with Gasteiger partial charge >= 0.3 is 0 Å². The third-order valence-corrected chi connectivity index (χ3v) is 7.10. The van der Waals surface area contributed by atoms with Crippen LogP contribution >= 0.6 is 0 Å². The lowest BCUT2D eigenvalue weighted by Gasteiger charge is -2.35. The molecule has 1 saturated heterocycles. The van der Waals surface area contributed by atoms with E-state index in [1.807, 2.05) is 62.9 Å². The number of nitrogens with zero attached hydrogens (tertiary/aromatic N) is 3. The summed E-state index contributed by atoms with van der Waals surface area (Å²) in [6.45, 7) is 2.50. The molecule has 2 aromatic carbocycles. The molecule has 0 atom stereocenters. The third-order valence-electron chi connectivity index (χ3n) is 7.10. The van der Waals surface area contributed by atoms with Gasteiger partial charge in [0, 0.05) is 43.4 Å². The van der Waals surface area contributed by atoms with Crippen LogP contribution in [0.25, 0.3) is 21.8 Å². The summed E-state index contributed by atoms with van der Waals surface area (Å²) in [5, 5.41) is 1.25. The van der Waals surface area contributed by atoms with Crippen LogP contribution in [0.1, 0.15) is 32.1 Å². The topological polar surface area (TPSA) is 62.6 Å². The molecule has 0 unspecified atom stereocenters. The second-order valence-corrected chi connectivity index (χ2v) is 9.07. The van der Waals surface area contributed by atoms with Crippen molar-refractivity contribution in [3.05, 3.63) is 58.8 Å². The maximum atomic E-state index is 13.2. The molecule has 3 aromatic rings. The Kier molecular flexibility index (Phi) is 5.68. The van der Waals surface area contributed by atoms with Crippen LogP contribution in [0.5, 0.6) is 0 Å². The number of fused-ring (bicyclic) bond motifs is 2. The zero-order valence-electron chi connectivity index (χ0n) is 18.3. The van der Waals surface area contributed by atoms with Crippen molar-refractivity contribution >= 4 is 33.6 Å². The van der Waals surface area contributed by atoms with Crippen molar-refractivity contribution in [2.45, 2.75) is 38.6 Å². The quantitative estimate of drug-likeness (QED) is 0.595. The summed E-state index contributed by atoms with van der Waals surface area (Å²) in [5.41, 5.74) is 1.54. The number of piperazine rings is 1. The minimum Gasteiger partial charge on any atom is -0.339 e. The number of hydrogen-bond donors (Lipinski definition) is 0. The smallest absolute Gasteiger partial charge is 0.242 e. The van der Waals surface area contributed by atoms with Crippen molar-refractivity contribution in [2.75, 3.05) is 26.2 Å². The van der Waals surface area contributed by atoms with Crippen LogP contribution in [0.3, 0.4) is 0 Å². The fourth-order valence-electron chi connectivity index (χ4n) is 5.28. The van der Waals surface area contributed by atoms with Crippen LogP contribution in [0.2, 0.25) is 0 Å². The number of carbonyl (C=O) groups is 2. The van der Waals surface area contributed by atoms with Crippen LogP contribution in [0.4, 0.5) is 0 Å². The molecule has 1 aliphatic carbocycles. The van der Waals surface area contributed by atoms with E-state index >= 15 is 0 Å². The van der Waals surface area contributed by atoms with E-state index in [9.17, 15) is 14.4 Å². The summed E-state index contributed by atoms with van der Waals surface area (Å²) in [7, 11) is 0. The fraction of sp³-hybridized carbons (Fsp3) is 0.423. The minimum atomic E-state index is -0.00529. The predicted molar refractivity (Wildman–Crippen MR) is 125 cm³/mol. The molecule has 1 aliphatic heterocycles. The number of hydrogen-bond acceptors (Lipinski definition) is 3. The molecule has 2 fully saturated rings. The summed E-state index contributed by atoms with van der Waals surface area (Å²) in [6.07, 6.45) is 5.49. The summed E-state index contributed by atoms with van der Waals surface area (Å²) in [4.78, 5) is 42.5. The normalized spacial score (nSPS) is 17.4. The Balaban J connectivity index is 1.32. The zero-order chi connectivity index (χ0) is 22.1. The summed E-state index contributed by atoms with van der Waals surface area (Å²) in [6, 6.07) is 14.9. The van der Waals surface area contributed by atoms with Crippen molar-refractivity contribution in [2.24, 2.45) is 5.92 Å². The molecule has 1 saturated carbocycles. The van der Waals surface area contributed by atoms with Crippen LogP contribution < -0.4 is 5.43 Å². The van der Waals surface area contributed by atoms with Gasteiger partial charge in [-0.3, -0.25) is 14.4 Å². The van der Waals surface area contributed by atoms with Gasteiger partial charge in [0.2, 0.25) is 11.8 Å². The number of benzene rings is 2. The number of rotatable bonds is 4. The molecule has 6 heteroatoms. The zero-order valence-corrected chi connectivity index (χ0v) is 18.3. The van der Waals surface area contributed by atoms with Crippen LogP contribution in [0.15, 0.2) is 53.3 Å². The molecule has 0 spiro atoms. The highest BCUT2D eigenvalue weighted by atomic mass is 16.2. The van der Waals surface area contributed by atoms with Crippen LogP contribution in [-0.2, 0) is 16.1 Å². The Bertz CT molecular complexity index is 1160. The number of pyridine rings is 1. The summed E-state index contributed by atoms with van der Waals surface area (Å²) < 4.78 is 1.95. The lowest BCUT2D eigenvalue weighted by Crippen LogP contribution is -2.51. The van der Waals surface area contributed by atoms with Gasteiger partial charge in [-0.25, -0.2) is 0 Å². The Hall–Kier alpha value is -3.15. The molecule has 32 heavy (non-hydrogen) atoms. The van der Waals surface area contributed by atoms with E-state index in [4.69, 9.17) is 0 Å². The van der Waals surface area contributed by atoms with Crippen molar-refractivity contribution in [1.29, 1.82) is 0 Å². The Morgan fingerprint density at radius 3 is 1.81 bits per heavy atom. The van der Waals surface area contributed by atoms with Gasteiger partial charge in [0.05, 0.1) is 11.0 Å². The average molecular weight is 432 g/mol. The third kappa shape index (κ3) is 3.90. The molecule has 0 N–H and O–H groups in total. The van der Waals surface area contributed by atoms with Gasteiger partial charge in [-0.1, -0.05) is 37.1 Å². The van der Waals surface area contributed by atoms with Gasteiger partial charge in [0.15, 0.2) is 5.43 Å². The molecule has 2 aliphatic rings. The Labute approximate surface area is 187 Å². The Morgan fingerprint density at radius 1 is 0.750 bits per heavy atom. The molecule has 0 bridgehead atoms. The molecule has 166 valence electrons. The highest BCUT2D eigenvalue weighted by molar-refractivity contribution is 5.94. The first kappa shape index (κ1) is 20.7. The van der Waals surface area contributed by atoms with E-state index in [1.54, 1.807) is 0 Å². The SMILES string of the molecule is O=C(CC1CCCC1)N1CCN(C(=O)Cn2c3ccccc3c(=O)c3ccccc32)CC1. The summed E-state index contributed by atoms with van der Waals surface area (Å²) in [5.74, 6) is 0.803. The second kappa shape index (κ2) is 8.77. The molecule has 2 heterocycles. The molecule has 1 aromatic heterocycles. The van der Waals surface area contributed by atoms with Crippen molar-refractivity contribution in [1.82, 2.24) is 14.4 Å². The first-order valence-corrected chi connectivity index (χ1v) is 11.7. The Morgan fingerprint density at radius 2 is 1.25 bits per heavy atom. The number of carbonyl (C=O) groups excluding carboxylic acids is 2. The average Bonchev–Trinajstić information content (AvgIpc) is 3.35. The lowest BCUT2D eigenvalue weighted by atomic mass is 10.0. The first-order valence-electron chi connectivity index (χ1n) is 11.7. The van der Waals surface area contributed by atoms with Gasteiger partial charge < -0.3 is 14.4 Å². The maximum absolute atomic E-state index is 13.2. The maximum Gasteiger partial charge on any atom is 0.242 e. The van der Waals surface area contributed by atoms with Gasteiger partial charge in [-0.15, -0.1) is 0 Å². The number of aromatic nitrogens is 1. The van der Waals surface area contributed by atoms with E-state index in [0.717, 1.165) is 11.0 Å². The lowest BCUT2D eigenvalue weighted by molar-refractivity contribution is -0.140. The molecule has 2 amide bonds. The van der Waals surface area contributed by atoms with Gasteiger partial charge in [-0.05, 0) is 43.0 Å². The van der Waals surface area contributed by atoms with E-state index in [0.29, 0.717) is 49.3 Å². The molecular formula is C26H29N3O3. The van der Waals surface area contributed by atoms with Gasteiger partial charge in [0.1, 0.15) is 6.54 Å². The van der Waals surface area contributed by atoms with E-state index in [2.05, 4.69) is 0 Å². The molecule has 5 rings (SSSR count). The van der Waals surface area contributed by atoms with E-state index < -0.39 is 0 Å². The van der Waals surface area contributed by atoms with E-state index in [-0.39, 0.29) is 23.8 Å². The van der Waals surface area contributed by atoms with Gasteiger partial charge in [-0.2, -0.15) is 0 Å². The van der Waals surface area contributed by atoms with Gasteiger partial charge in [0.25, 0.3) is 0 Å².